The molecular formula is C13H23N3O4. The van der Waals surface area contributed by atoms with Crippen molar-refractivity contribution < 1.29 is 19.8 Å². The molecule has 3 amide bonds. The molecule has 0 aromatic heterocycles. The van der Waals surface area contributed by atoms with Gasteiger partial charge >= 0.3 is 6.03 Å². The van der Waals surface area contributed by atoms with Crippen molar-refractivity contribution in [2.24, 2.45) is 5.92 Å². The molecule has 2 aliphatic rings. The molecule has 2 aliphatic heterocycles. The lowest BCUT2D eigenvalue weighted by Crippen LogP contribution is -2.49. The van der Waals surface area contributed by atoms with Crippen LogP contribution in [0.15, 0.2) is 0 Å². The van der Waals surface area contributed by atoms with Gasteiger partial charge in [0.05, 0.1) is 18.1 Å². The van der Waals surface area contributed by atoms with E-state index in [-0.39, 0.29) is 30.9 Å². The molecule has 7 nitrogen and oxygen atoms in total. The Morgan fingerprint density at radius 3 is 2.20 bits per heavy atom. The van der Waals surface area contributed by atoms with Crippen LogP contribution < -0.4 is 0 Å². The molecule has 2 fully saturated rings. The van der Waals surface area contributed by atoms with E-state index in [0.717, 1.165) is 12.8 Å². The summed E-state index contributed by atoms with van der Waals surface area (Å²) in [5, 5.41) is 19.0. The van der Waals surface area contributed by atoms with Crippen LogP contribution in [0.1, 0.15) is 12.8 Å². The first-order valence-electron chi connectivity index (χ1n) is 7.01. The van der Waals surface area contributed by atoms with Crippen LogP contribution in [0, 0.1) is 5.92 Å². The van der Waals surface area contributed by atoms with E-state index in [1.165, 1.54) is 9.80 Å². The Morgan fingerprint density at radius 2 is 1.65 bits per heavy atom. The lowest BCUT2D eigenvalue weighted by molar-refractivity contribution is -0.136. The van der Waals surface area contributed by atoms with Crippen LogP contribution in [0.4, 0.5) is 4.79 Å². The van der Waals surface area contributed by atoms with Gasteiger partial charge in [-0.25, -0.2) is 4.79 Å². The monoisotopic (exact) mass is 285 g/mol. The van der Waals surface area contributed by atoms with E-state index in [1.54, 1.807) is 19.0 Å². The largest absolute Gasteiger partial charge is 0.388 e. The number of β-amino-alcohol motifs (C(OH)–C–C–N with tert-alkyl or cyclic N) is 2. The van der Waals surface area contributed by atoms with Gasteiger partial charge in [-0.1, -0.05) is 0 Å². The number of aliphatic hydroxyl groups excluding tert-OH is 2. The Kier molecular flexibility index (Phi) is 4.49. The minimum Gasteiger partial charge on any atom is -0.388 e. The molecule has 0 radical (unpaired) electrons. The highest BCUT2D eigenvalue weighted by Gasteiger charge is 2.37. The first kappa shape index (κ1) is 15.1. The van der Waals surface area contributed by atoms with Crippen molar-refractivity contribution in [1.82, 2.24) is 14.7 Å². The van der Waals surface area contributed by atoms with E-state index in [0.29, 0.717) is 13.1 Å². The molecule has 2 rings (SSSR count). The van der Waals surface area contributed by atoms with Crippen molar-refractivity contribution in [3.8, 4) is 0 Å². The molecule has 0 aromatic rings. The highest BCUT2D eigenvalue weighted by Crippen LogP contribution is 2.22. The van der Waals surface area contributed by atoms with Gasteiger partial charge in [-0.15, -0.1) is 0 Å². The predicted octanol–water partition coefficient (Wildman–Crippen LogP) is -1.06. The summed E-state index contributed by atoms with van der Waals surface area (Å²) in [6.07, 6.45) is -0.169. The van der Waals surface area contributed by atoms with Crippen molar-refractivity contribution in [2.45, 2.75) is 25.0 Å². The molecule has 0 bridgehead atoms. The number of carbonyl (C=O) groups excluding carboxylic acids is 2. The van der Waals surface area contributed by atoms with Gasteiger partial charge in [-0.05, 0) is 12.8 Å². The molecule has 2 heterocycles. The van der Waals surface area contributed by atoms with Gasteiger partial charge < -0.3 is 24.9 Å². The van der Waals surface area contributed by atoms with E-state index in [1.807, 2.05) is 0 Å². The number of nitrogens with zero attached hydrogens (tertiary/aromatic N) is 3. The quantitative estimate of drug-likeness (QED) is 0.643. The Labute approximate surface area is 118 Å². The second-order valence-electron chi connectivity index (χ2n) is 5.84. The van der Waals surface area contributed by atoms with Gasteiger partial charge in [0, 0.05) is 40.3 Å². The van der Waals surface area contributed by atoms with E-state index in [2.05, 4.69) is 0 Å². The Balaban J connectivity index is 1.95. The molecule has 1 unspecified atom stereocenters. The molecule has 3 atom stereocenters. The van der Waals surface area contributed by atoms with Gasteiger partial charge in [0.15, 0.2) is 0 Å². The highest BCUT2D eigenvalue weighted by atomic mass is 16.3. The van der Waals surface area contributed by atoms with Gasteiger partial charge in [-0.2, -0.15) is 0 Å². The Morgan fingerprint density at radius 1 is 1.05 bits per heavy atom. The fraction of sp³-hybridized carbons (Fsp3) is 0.846. The molecule has 0 spiro atoms. The molecule has 7 heteroatoms. The van der Waals surface area contributed by atoms with Gasteiger partial charge in [0.2, 0.25) is 5.91 Å². The summed E-state index contributed by atoms with van der Waals surface area (Å²) in [5.41, 5.74) is 0. The average Bonchev–Trinajstić information content (AvgIpc) is 2.77. The van der Waals surface area contributed by atoms with Gasteiger partial charge in [0.25, 0.3) is 0 Å². The van der Waals surface area contributed by atoms with Crippen molar-refractivity contribution in [3.05, 3.63) is 0 Å². The van der Waals surface area contributed by atoms with Crippen LogP contribution in [-0.4, -0.2) is 89.3 Å². The minimum absolute atomic E-state index is 0.0724. The number of carbonyl (C=O) groups is 2. The zero-order valence-electron chi connectivity index (χ0n) is 12.0. The van der Waals surface area contributed by atoms with E-state index in [9.17, 15) is 19.8 Å². The van der Waals surface area contributed by atoms with Crippen molar-refractivity contribution in [1.29, 1.82) is 0 Å². The summed E-state index contributed by atoms with van der Waals surface area (Å²) >= 11 is 0. The zero-order valence-corrected chi connectivity index (χ0v) is 12.0. The average molecular weight is 285 g/mol. The summed E-state index contributed by atoms with van der Waals surface area (Å²) in [7, 11) is 3.39. The molecule has 114 valence electrons. The Bertz CT molecular complexity index is 378. The van der Waals surface area contributed by atoms with E-state index < -0.39 is 12.2 Å². The van der Waals surface area contributed by atoms with Crippen LogP contribution in [0.2, 0.25) is 0 Å². The molecule has 0 aromatic carbocycles. The standard InChI is InChI=1S/C13H23N3O4/c1-14(2)13(20)15-5-3-4-9(6-15)12(19)16-7-10(17)11(18)8-16/h9-11,17-18H,3-8H2,1-2H3/t9?,10-,11+. The number of hydrogen-bond acceptors (Lipinski definition) is 4. The highest BCUT2D eigenvalue weighted by molar-refractivity contribution is 5.81. The number of piperidine rings is 1. The smallest absolute Gasteiger partial charge is 0.319 e. The maximum absolute atomic E-state index is 12.4. The van der Waals surface area contributed by atoms with Crippen LogP contribution in [0.25, 0.3) is 0 Å². The molecule has 2 N–H and O–H groups in total. The number of likely N-dealkylation sites (tertiary alicyclic amines) is 2. The minimum atomic E-state index is -0.859. The van der Waals surface area contributed by atoms with Crippen molar-refractivity contribution in [3.63, 3.8) is 0 Å². The summed E-state index contributed by atoms with van der Waals surface area (Å²) in [6.45, 7) is 1.45. The molecule has 2 saturated heterocycles. The van der Waals surface area contributed by atoms with Gasteiger partial charge in [-0.3, -0.25) is 4.79 Å². The van der Waals surface area contributed by atoms with E-state index >= 15 is 0 Å². The number of hydrogen-bond donors (Lipinski definition) is 2. The van der Waals surface area contributed by atoms with Gasteiger partial charge in [0.1, 0.15) is 0 Å². The lowest BCUT2D eigenvalue weighted by Gasteiger charge is -2.35. The second-order valence-corrected chi connectivity index (χ2v) is 5.84. The second kappa shape index (κ2) is 5.97. The SMILES string of the molecule is CN(C)C(=O)N1CCCC(C(=O)N2C[C@@H](O)[C@@H](O)C2)C1. The maximum Gasteiger partial charge on any atom is 0.319 e. The number of urea groups is 1. The number of aliphatic hydroxyl groups is 2. The number of rotatable bonds is 1. The summed E-state index contributed by atoms with van der Waals surface area (Å²) < 4.78 is 0. The first-order chi connectivity index (χ1) is 9.40. The predicted molar refractivity (Wildman–Crippen MR) is 72.0 cm³/mol. The summed E-state index contributed by atoms with van der Waals surface area (Å²) in [4.78, 5) is 29.0. The third kappa shape index (κ3) is 3.04. The van der Waals surface area contributed by atoms with Crippen LogP contribution in [0.3, 0.4) is 0 Å². The summed E-state index contributed by atoms with van der Waals surface area (Å²) in [6, 6.07) is -0.0796. The third-order valence-corrected chi connectivity index (χ3v) is 3.99. The topological polar surface area (TPSA) is 84.3 Å². The normalized spacial score (nSPS) is 30.5. The maximum atomic E-state index is 12.4. The van der Waals surface area contributed by atoms with Crippen LogP contribution in [0.5, 0.6) is 0 Å². The van der Waals surface area contributed by atoms with Crippen LogP contribution >= 0.6 is 0 Å². The number of amides is 3. The van der Waals surface area contributed by atoms with Crippen molar-refractivity contribution >= 4 is 11.9 Å². The molecule has 20 heavy (non-hydrogen) atoms. The van der Waals surface area contributed by atoms with E-state index in [4.69, 9.17) is 0 Å². The van der Waals surface area contributed by atoms with Crippen LogP contribution in [-0.2, 0) is 4.79 Å². The molecular weight excluding hydrogens is 262 g/mol. The zero-order chi connectivity index (χ0) is 14.9. The summed E-state index contributed by atoms with van der Waals surface area (Å²) in [5.74, 6) is -0.304. The Hall–Kier alpha value is -1.34. The fourth-order valence-electron chi connectivity index (χ4n) is 2.84. The third-order valence-electron chi connectivity index (χ3n) is 3.99. The molecule has 0 aliphatic carbocycles. The lowest BCUT2D eigenvalue weighted by atomic mass is 9.97. The fourth-order valence-corrected chi connectivity index (χ4v) is 2.84. The molecule has 0 saturated carbocycles. The first-order valence-corrected chi connectivity index (χ1v) is 7.01. The van der Waals surface area contributed by atoms with Crippen molar-refractivity contribution in [2.75, 3.05) is 40.3 Å².